The molecule has 0 radical (unpaired) electrons. The third-order valence-electron chi connectivity index (χ3n) is 3.19. The van der Waals surface area contributed by atoms with Crippen molar-refractivity contribution in [1.29, 1.82) is 5.26 Å². The molecule has 0 atom stereocenters. The molecule has 1 amide bonds. The van der Waals surface area contributed by atoms with Gasteiger partial charge in [-0.2, -0.15) is 5.26 Å². The quantitative estimate of drug-likeness (QED) is 0.420. The number of ether oxygens (including phenoxy) is 2. The van der Waals surface area contributed by atoms with Crippen LogP contribution in [0.5, 0.6) is 11.5 Å². The highest BCUT2D eigenvalue weighted by molar-refractivity contribution is 7.15. The predicted octanol–water partition coefficient (Wildman–Crippen LogP) is 3.27. The number of carbonyl (C=O) groups excluding carboxylic acids is 1. The summed E-state index contributed by atoms with van der Waals surface area (Å²) in [6.07, 6.45) is 2.19. The molecule has 0 saturated heterocycles. The molecule has 0 aliphatic rings. The van der Waals surface area contributed by atoms with Crippen molar-refractivity contribution >= 4 is 40.1 Å². The number of nitrogens with zero attached hydrogens (tertiary/aromatic N) is 3. The Morgan fingerprint density at radius 2 is 2.23 bits per heavy atom. The van der Waals surface area contributed by atoms with Gasteiger partial charge in [0, 0.05) is 0 Å². The molecule has 1 N–H and O–H groups in total. The number of hydrogen-bond donors (Lipinski definition) is 1. The number of nitrogens with one attached hydrogen (secondary N) is 1. The Morgan fingerprint density at radius 1 is 1.42 bits per heavy atom. The molecule has 0 unspecified atom stereocenters. The molecule has 136 valence electrons. The van der Waals surface area contributed by atoms with Gasteiger partial charge in [0.2, 0.25) is 5.13 Å². The third kappa shape index (κ3) is 5.18. The van der Waals surface area contributed by atoms with E-state index in [1.807, 2.05) is 13.0 Å². The number of anilines is 1. The second kappa shape index (κ2) is 9.75. The van der Waals surface area contributed by atoms with Crippen LogP contribution in [-0.2, 0) is 11.2 Å². The molecule has 0 bridgehead atoms. The van der Waals surface area contributed by atoms with Crippen molar-refractivity contribution < 1.29 is 14.3 Å². The number of benzene rings is 1. The number of aromatic nitrogens is 2. The smallest absolute Gasteiger partial charge is 0.268 e. The van der Waals surface area contributed by atoms with Gasteiger partial charge < -0.3 is 9.47 Å². The van der Waals surface area contributed by atoms with Crippen LogP contribution in [0.15, 0.2) is 23.8 Å². The van der Waals surface area contributed by atoms with Crippen LogP contribution >= 0.6 is 22.9 Å². The number of aryl methyl sites for hydroxylation is 1. The second-order valence-electron chi connectivity index (χ2n) is 4.93. The standard InChI is InChI=1S/C17H17ClN4O3S/c1-3-15-21-22-17(26-15)20-16(23)12(10-19)8-11-4-5-13(25-7-6-18)14(9-11)24-2/h4-5,8-9H,3,6-7H2,1-2H3,(H,20,22,23)/b12-8+. The summed E-state index contributed by atoms with van der Waals surface area (Å²) in [7, 11) is 1.51. The summed E-state index contributed by atoms with van der Waals surface area (Å²) in [5.74, 6) is 0.829. The average Bonchev–Trinajstić information content (AvgIpc) is 3.12. The van der Waals surface area contributed by atoms with E-state index in [9.17, 15) is 10.1 Å². The van der Waals surface area contributed by atoms with Crippen molar-refractivity contribution in [2.45, 2.75) is 13.3 Å². The zero-order chi connectivity index (χ0) is 18.9. The first-order valence-electron chi connectivity index (χ1n) is 7.73. The van der Waals surface area contributed by atoms with Gasteiger partial charge in [0.05, 0.1) is 13.0 Å². The Kier molecular flexibility index (Phi) is 7.38. The molecule has 0 aliphatic carbocycles. The first-order chi connectivity index (χ1) is 12.6. The average molecular weight is 393 g/mol. The van der Waals surface area contributed by atoms with Crippen LogP contribution in [0.4, 0.5) is 5.13 Å². The van der Waals surface area contributed by atoms with Crippen molar-refractivity contribution in [2.24, 2.45) is 0 Å². The second-order valence-corrected chi connectivity index (χ2v) is 6.37. The summed E-state index contributed by atoms with van der Waals surface area (Å²) in [5, 5.41) is 20.8. The summed E-state index contributed by atoms with van der Waals surface area (Å²) < 4.78 is 10.7. The molecule has 0 spiro atoms. The fourth-order valence-corrected chi connectivity index (χ4v) is 2.72. The number of alkyl halides is 1. The molecule has 1 aromatic carbocycles. The van der Waals surface area contributed by atoms with Crippen LogP contribution in [0.1, 0.15) is 17.5 Å². The number of nitriles is 1. The molecule has 2 aromatic rings. The fraction of sp³-hybridized carbons (Fsp3) is 0.294. The summed E-state index contributed by atoms with van der Waals surface area (Å²) in [6, 6.07) is 6.98. The van der Waals surface area contributed by atoms with Crippen molar-refractivity contribution in [3.8, 4) is 17.6 Å². The lowest BCUT2D eigenvalue weighted by molar-refractivity contribution is -0.112. The summed E-state index contributed by atoms with van der Waals surface area (Å²) in [6.45, 7) is 2.29. The summed E-state index contributed by atoms with van der Waals surface area (Å²) in [5.41, 5.74) is 0.563. The lowest BCUT2D eigenvalue weighted by atomic mass is 10.1. The van der Waals surface area contributed by atoms with Gasteiger partial charge in [-0.25, -0.2) is 0 Å². The van der Waals surface area contributed by atoms with Crippen LogP contribution in [0.2, 0.25) is 0 Å². The molecule has 0 saturated carbocycles. The number of halogens is 1. The first-order valence-corrected chi connectivity index (χ1v) is 9.08. The van der Waals surface area contributed by atoms with Crippen LogP contribution in [0.3, 0.4) is 0 Å². The molecule has 0 aliphatic heterocycles. The van der Waals surface area contributed by atoms with Gasteiger partial charge in [-0.05, 0) is 30.2 Å². The highest BCUT2D eigenvalue weighted by Gasteiger charge is 2.13. The molecule has 0 fully saturated rings. The molecule has 1 aromatic heterocycles. The van der Waals surface area contributed by atoms with Gasteiger partial charge in [0.1, 0.15) is 23.3 Å². The van der Waals surface area contributed by atoms with Crippen molar-refractivity contribution in [2.75, 3.05) is 24.9 Å². The Hall–Kier alpha value is -2.63. The van der Waals surface area contributed by atoms with Crippen molar-refractivity contribution in [3.63, 3.8) is 0 Å². The maximum absolute atomic E-state index is 12.3. The van der Waals surface area contributed by atoms with Crippen molar-refractivity contribution in [1.82, 2.24) is 10.2 Å². The van der Waals surface area contributed by atoms with Gasteiger partial charge in [-0.15, -0.1) is 21.8 Å². The predicted molar refractivity (Wildman–Crippen MR) is 101 cm³/mol. The third-order valence-corrected chi connectivity index (χ3v) is 4.33. The highest BCUT2D eigenvalue weighted by atomic mass is 35.5. The number of amides is 1. The Balaban J connectivity index is 2.19. The number of rotatable bonds is 8. The minimum atomic E-state index is -0.548. The van der Waals surface area contributed by atoms with E-state index in [2.05, 4.69) is 15.5 Å². The van der Waals surface area contributed by atoms with Gasteiger partial charge in [0.25, 0.3) is 5.91 Å². The first kappa shape index (κ1) is 19.7. The topological polar surface area (TPSA) is 97.1 Å². The van der Waals surface area contributed by atoms with E-state index < -0.39 is 5.91 Å². The van der Waals surface area contributed by atoms with Gasteiger partial charge in [-0.1, -0.05) is 24.3 Å². The normalized spacial score (nSPS) is 10.9. The SMILES string of the molecule is CCc1nnc(NC(=O)/C(C#N)=C/c2ccc(OCCCl)c(OC)c2)s1. The molecule has 1 heterocycles. The van der Waals surface area contributed by atoms with E-state index in [1.54, 1.807) is 18.2 Å². The van der Waals surface area contributed by atoms with Crippen LogP contribution in [-0.4, -0.2) is 35.7 Å². The monoisotopic (exact) mass is 392 g/mol. The summed E-state index contributed by atoms with van der Waals surface area (Å²) in [4.78, 5) is 12.3. The van der Waals surface area contributed by atoms with E-state index in [0.717, 1.165) is 11.4 Å². The number of methoxy groups -OCH3 is 1. The zero-order valence-corrected chi connectivity index (χ0v) is 15.9. The minimum absolute atomic E-state index is 0.0604. The molecule has 9 heteroatoms. The molecular formula is C17H17ClN4O3S. The summed E-state index contributed by atoms with van der Waals surface area (Å²) >= 11 is 6.89. The van der Waals surface area contributed by atoms with Gasteiger partial charge in [0.15, 0.2) is 11.5 Å². The van der Waals surface area contributed by atoms with Crippen LogP contribution < -0.4 is 14.8 Å². The van der Waals surface area contributed by atoms with Gasteiger partial charge in [-0.3, -0.25) is 10.1 Å². The Bertz CT molecular complexity index is 845. The maximum Gasteiger partial charge on any atom is 0.268 e. The molecular weight excluding hydrogens is 376 g/mol. The maximum atomic E-state index is 12.3. The Morgan fingerprint density at radius 3 is 2.85 bits per heavy atom. The lowest BCUT2D eigenvalue weighted by Gasteiger charge is -2.10. The highest BCUT2D eigenvalue weighted by Crippen LogP contribution is 2.29. The molecule has 2 rings (SSSR count). The van der Waals surface area contributed by atoms with Crippen LogP contribution in [0.25, 0.3) is 6.08 Å². The van der Waals surface area contributed by atoms with Crippen LogP contribution in [0, 0.1) is 11.3 Å². The van der Waals surface area contributed by atoms with E-state index in [-0.39, 0.29) is 5.57 Å². The van der Waals surface area contributed by atoms with E-state index in [4.69, 9.17) is 21.1 Å². The van der Waals surface area contributed by atoms with E-state index >= 15 is 0 Å². The Labute approximate surface area is 160 Å². The lowest BCUT2D eigenvalue weighted by Crippen LogP contribution is -2.13. The van der Waals surface area contributed by atoms with Gasteiger partial charge >= 0.3 is 0 Å². The minimum Gasteiger partial charge on any atom is -0.493 e. The number of hydrogen-bond acceptors (Lipinski definition) is 7. The number of carbonyl (C=O) groups is 1. The molecule has 7 nitrogen and oxygen atoms in total. The van der Waals surface area contributed by atoms with Crippen molar-refractivity contribution in [3.05, 3.63) is 34.3 Å². The van der Waals surface area contributed by atoms with E-state index in [1.165, 1.54) is 24.5 Å². The fourth-order valence-electron chi connectivity index (χ4n) is 1.97. The molecule has 26 heavy (non-hydrogen) atoms. The largest absolute Gasteiger partial charge is 0.493 e. The zero-order valence-electron chi connectivity index (χ0n) is 14.3. The van der Waals surface area contributed by atoms with E-state index in [0.29, 0.717) is 34.7 Å².